The molecule has 0 fully saturated rings. The van der Waals surface area contributed by atoms with Crippen LogP contribution >= 0.6 is 23.4 Å². The number of hydrogen-bond acceptors (Lipinski definition) is 6. The molecule has 0 saturated carbocycles. The van der Waals surface area contributed by atoms with Gasteiger partial charge in [0, 0.05) is 22.7 Å². The number of halogens is 1. The van der Waals surface area contributed by atoms with E-state index in [1.807, 2.05) is 78.2 Å². The first-order chi connectivity index (χ1) is 15.2. The van der Waals surface area contributed by atoms with E-state index in [1.165, 1.54) is 0 Å². The fourth-order valence-corrected chi connectivity index (χ4v) is 3.92. The third-order valence-electron chi connectivity index (χ3n) is 4.36. The van der Waals surface area contributed by atoms with Gasteiger partial charge in [0.2, 0.25) is 0 Å². The van der Waals surface area contributed by atoms with Crippen LogP contribution < -0.4 is 9.47 Å². The maximum absolute atomic E-state index is 6.08. The molecule has 6 nitrogen and oxygen atoms in total. The van der Waals surface area contributed by atoms with Crippen LogP contribution in [0.3, 0.4) is 0 Å². The molecule has 0 aliphatic heterocycles. The lowest BCUT2D eigenvalue weighted by molar-refractivity contribution is 0.291. The van der Waals surface area contributed by atoms with Crippen molar-refractivity contribution in [2.75, 3.05) is 6.61 Å². The van der Waals surface area contributed by atoms with Crippen LogP contribution in [-0.2, 0) is 12.4 Å². The minimum absolute atomic E-state index is 0.272. The van der Waals surface area contributed by atoms with Crippen molar-refractivity contribution in [3.05, 3.63) is 89.5 Å². The second kappa shape index (κ2) is 10.3. The highest BCUT2D eigenvalue weighted by atomic mass is 35.5. The summed E-state index contributed by atoms with van der Waals surface area (Å²) in [4.78, 5) is 4.38. The molecule has 0 saturated heterocycles. The fourth-order valence-electron chi connectivity index (χ4n) is 2.91. The Hall–Kier alpha value is -3.03. The molecule has 0 N–H and O–H groups in total. The van der Waals surface area contributed by atoms with Gasteiger partial charge in [0.05, 0.1) is 12.3 Å². The molecule has 0 unspecified atom stereocenters. The van der Waals surface area contributed by atoms with Crippen molar-refractivity contribution in [3.63, 3.8) is 0 Å². The molecular formula is C23H21ClN4O2S. The molecule has 0 atom stereocenters. The highest BCUT2D eigenvalue weighted by molar-refractivity contribution is 7.98. The zero-order valence-corrected chi connectivity index (χ0v) is 18.5. The zero-order valence-electron chi connectivity index (χ0n) is 16.9. The van der Waals surface area contributed by atoms with Gasteiger partial charge in [-0.15, -0.1) is 10.2 Å². The largest absolute Gasteiger partial charge is 0.494 e. The Labute approximate surface area is 190 Å². The minimum atomic E-state index is 0.272. The number of benzene rings is 2. The predicted octanol–water partition coefficient (Wildman–Crippen LogP) is 5.59. The summed E-state index contributed by atoms with van der Waals surface area (Å²) in [6.45, 7) is 2.86. The van der Waals surface area contributed by atoms with Gasteiger partial charge in [0.25, 0.3) is 0 Å². The van der Waals surface area contributed by atoms with E-state index in [2.05, 4.69) is 15.2 Å². The lowest BCUT2D eigenvalue weighted by Crippen LogP contribution is -2.06. The summed E-state index contributed by atoms with van der Waals surface area (Å²) in [5.41, 5.74) is 1.90. The van der Waals surface area contributed by atoms with Gasteiger partial charge in [0.1, 0.15) is 18.1 Å². The second-order valence-electron chi connectivity index (χ2n) is 6.51. The SMILES string of the molecule is CCOc1ccc(OCc2nnc(SCc3ccccn3)n2-c2ccc(Cl)cc2)cc1. The first kappa shape index (κ1) is 21.2. The number of thioether (sulfide) groups is 1. The Morgan fingerprint density at radius 1 is 0.903 bits per heavy atom. The maximum Gasteiger partial charge on any atom is 0.196 e. The maximum atomic E-state index is 6.08. The van der Waals surface area contributed by atoms with Gasteiger partial charge in [0.15, 0.2) is 11.0 Å². The first-order valence-corrected chi connectivity index (χ1v) is 11.2. The monoisotopic (exact) mass is 452 g/mol. The molecule has 0 aliphatic carbocycles. The molecule has 2 heterocycles. The first-order valence-electron chi connectivity index (χ1n) is 9.81. The van der Waals surface area contributed by atoms with Crippen molar-refractivity contribution < 1.29 is 9.47 Å². The Kier molecular flexibility index (Phi) is 7.07. The molecule has 0 spiro atoms. The number of nitrogens with zero attached hydrogens (tertiary/aromatic N) is 4. The van der Waals surface area contributed by atoms with Crippen molar-refractivity contribution in [3.8, 4) is 17.2 Å². The van der Waals surface area contributed by atoms with E-state index >= 15 is 0 Å². The Morgan fingerprint density at radius 3 is 2.32 bits per heavy atom. The quantitative estimate of drug-likeness (QED) is 0.309. The van der Waals surface area contributed by atoms with Crippen molar-refractivity contribution in [1.29, 1.82) is 0 Å². The van der Waals surface area contributed by atoms with Gasteiger partial charge in [-0.05, 0) is 67.6 Å². The smallest absolute Gasteiger partial charge is 0.196 e. The van der Waals surface area contributed by atoms with Crippen LogP contribution in [0.15, 0.2) is 78.1 Å². The van der Waals surface area contributed by atoms with Gasteiger partial charge >= 0.3 is 0 Å². The molecule has 31 heavy (non-hydrogen) atoms. The van der Waals surface area contributed by atoms with E-state index in [4.69, 9.17) is 21.1 Å². The highest BCUT2D eigenvalue weighted by Gasteiger charge is 2.16. The minimum Gasteiger partial charge on any atom is -0.494 e. The van der Waals surface area contributed by atoms with Crippen LogP contribution in [0.25, 0.3) is 5.69 Å². The van der Waals surface area contributed by atoms with Gasteiger partial charge in [-0.25, -0.2) is 0 Å². The fraction of sp³-hybridized carbons (Fsp3) is 0.174. The molecule has 0 aliphatic rings. The average Bonchev–Trinajstić information content (AvgIpc) is 3.21. The van der Waals surface area contributed by atoms with Crippen molar-refractivity contribution in [2.24, 2.45) is 0 Å². The van der Waals surface area contributed by atoms with Gasteiger partial charge in [-0.3, -0.25) is 9.55 Å². The van der Waals surface area contributed by atoms with Crippen molar-refractivity contribution in [2.45, 2.75) is 24.4 Å². The van der Waals surface area contributed by atoms with Gasteiger partial charge in [-0.2, -0.15) is 0 Å². The van der Waals surface area contributed by atoms with Gasteiger partial charge in [-0.1, -0.05) is 29.4 Å². The third kappa shape index (κ3) is 5.57. The van der Waals surface area contributed by atoms with Crippen LogP contribution in [-0.4, -0.2) is 26.4 Å². The third-order valence-corrected chi connectivity index (χ3v) is 5.58. The molecule has 2 aromatic carbocycles. The predicted molar refractivity (Wildman–Crippen MR) is 122 cm³/mol. The number of hydrogen-bond donors (Lipinski definition) is 0. The van der Waals surface area contributed by atoms with E-state index in [9.17, 15) is 0 Å². The van der Waals surface area contributed by atoms with E-state index in [0.717, 1.165) is 28.0 Å². The summed E-state index contributed by atoms with van der Waals surface area (Å²) in [5.74, 6) is 2.93. The normalized spacial score (nSPS) is 10.8. The summed E-state index contributed by atoms with van der Waals surface area (Å²) in [5, 5.41) is 10.2. The lowest BCUT2D eigenvalue weighted by Gasteiger charge is -2.12. The molecule has 4 aromatic rings. The Bertz CT molecular complexity index is 1100. The molecular weight excluding hydrogens is 432 g/mol. The number of aromatic nitrogens is 4. The van der Waals surface area contributed by atoms with Crippen LogP contribution in [0.2, 0.25) is 5.02 Å². The van der Waals surface area contributed by atoms with Crippen LogP contribution in [0.1, 0.15) is 18.4 Å². The van der Waals surface area contributed by atoms with E-state index < -0.39 is 0 Å². The summed E-state index contributed by atoms with van der Waals surface area (Å²) in [7, 11) is 0. The lowest BCUT2D eigenvalue weighted by atomic mass is 10.3. The molecule has 4 rings (SSSR count). The average molecular weight is 453 g/mol. The van der Waals surface area contributed by atoms with Crippen molar-refractivity contribution >= 4 is 23.4 Å². The molecule has 8 heteroatoms. The molecule has 158 valence electrons. The Balaban J connectivity index is 1.54. The van der Waals surface area contributed by atoms with Crippen LogP contribution in [0, 0.1) is 0 Å². The second-order valence-corrected chi connectivity index (χ2v) is 7.89. The standard InChI is InChI=1S/C23H21ClN4O2S/c1-2-29-20-10-12-21(13-11-20)30-15-22-26-27-23(31-16-18-5-3-4-14-25-18)28(22)19-8-6-17(24)7-9-19/h3-14H,2,15-16H2,1H3. The van der Waals surface area contributed by atoms with Crippen molar-refractivity contribution in [1.82, 2.24) is 19.7 Å². The van der Waals surface area contributed by atoms with Crippen LogP contribution in [0.5, 0.6) is 11.5 Å². The van der Waals surface area contributed by atoms with E-state index in [1.54, 1.807) is 18.0 Å². The highest BCUT2D eigenvalue weighted by Crippen LogP contribution is 2.26. The number of ether oxygens (including phenoxy) is 2. The molecule has 0 radical (unpaired) electrons. The van der Waals surface area contributed by atoms with Gasteiger partial charge < -0.3 is 9.47 Å². The zero-order chi connectivity index (χ0) is 21.5. The summed E-state index contributed by atoms with van der Waals surface area (Å²) in [6.07, 6.45) is 1.79. The van der Waals surface area contributed by atoms with E-state index in [0.29, 0.717) is 23.2 Å². The van der Waals surface area contributed by atoms with E-state index in [-0.39, 0.29) is 6.61 Å². The Morgan fingerprint density at radius 2 is 1.65 bits per heavy atom. The molecule has 0 bridgehead atoms. The van der Waals surface area contributed by atoms with Crippen LogP contribution in [0.4, 0.5) is 0 Å². The number of rotatable bonds is 9. The summed E-state index contributed by atoms with van der Waals surface area (Å²) < 4.78 is 13.4. The summed E-state index contributed by atoms with van der Waals surface area (Å²) >= 11 is 7.65. The number of pyridine rings is 1. The topological polar surface area (TPSA) is 62.1 Å². The molecule has 2 aromatic heterocycles. The summed E-state index contributed by atoms with van der Waals surface area (Å²) in [6, 6.07) is 21.0. The molecule has 0 amide bonds.